The van der Waals surface area contributed by atoms with Crippen molar-refractivity contribution in [1.29, 1.82) is 0 Å². The van der Waals surface area contributed by atoms with Gasteiger partial charge in [-0.25, -0.2) is 8.78 Å². The molecule has 2 aliphatic rings. The van der Waals surface area contributed by atoms with E-state index in [0.29, 0.717) is 31.7 Å². The third-order valence-electron chi connectivity index (χ3n) is 6.87. The Bertz CT molecular complexity index is 1190. The molecular weight excluding hydrogens is 478 g/mol. The second-order valence-corrected chi connectivity index (χ2v) is 9.51. The molecule has 2 aliphatic heterocycles. The van der Waals surface area contributed by atoms with Crippen LogP contribution in [0.3, 0.4) is 0 Å². The van der Waals surface area contributed by atoms with Crippen LogP contribution in [0, 0.1) is 18.6 Å². The van der Waals surface area contributed by atoms with Crippen LogP contribution in [0.5, 0.6) is 0 Å². The molecule has 2 fully saturated rings. The van der Waals surface area contributed by atoms with Gasteiger partial charge >= 0.3 is 5.92 Å². The first kappa shape index (κ1) is 25.7. The summed E-state index contributed by atoms with van der Waals surface area (Å²) in [5.74, 6) is -8.53. The monoisotopic (exact) mass is 505 g/mol. The normalized spacial score (nSPS) is 21.6. The van der Waals surface area contributed by atoms with Gasteiger partial charge in [0.05, 0.1) is 5.56 Å². The van der Waals surface area contributed by atoms with Crippen molar-refractivity contribution in [2.24, 2.45) is 0 Å². The number of piperidine rings is 2. The van der Waals surface area contributed by atoms with Crippen molar-refractivity contribution >= 4 is 23.4 Å². The number of anilines is 1. The molecule has 0 radical (unpaired) electrons. The summed E-state index contributed by atoms with van der Waals surface area (Å²) < 4.78 is 59.1. The Morgan fingerprint density at radius 1 is 0.972 bits per heavy atom. The first-order chi connectivity index (χ1) is 17.0. The maximum absolute atomic E-state index is 15.5. The molecule has 4 rings (SSSR count). The molecule has 0 aromatic heterocycles. The van der Waals surface area contributed by atoms with Gasteiger partial charge < -0.3 is 15.5 Å². The summed E-state index contributed by atoms with van der Waals surface area (Å²) >= 11 is 0. The number of rotatable bonds is 5. The summed E-state index contributed by atoms with van der Waals surface area (Å²) in [6, 6.07) is 5.08. The molecule has 6 nitrogen and oxygen atoms in total. The fraction of sp³-hybridized carbons (Fsp3) is 0.423. The van der Waals surface area contributed by atoms with Crippen molar-refractivity contribution in [1.82, 2.24) is 10.2 Å². The van der Waals surface area contributed by atoms with Crippen LogP contribution in [-0.2, 0) is 15.5 Å². The average molecular weight is 506 g/mol. The first-order valence-corrected chi connectivity index (χ1v) is 11.8. The Kier molecular flexibility index (Phi) is 7.06. The van der Waals surface area contributed by atoms with Crippen LogP contribution >= 0.6 is 0 Å². The van der Waals surface area contributed by atoms with Crippen molar-refractivity contribution in [3.63, 3.8) is 0 Å². The number of carbonyl (C=O) groups is 3. The van der Waals surface area contributed by atoms with Gasteiger partial charge in [0.15, 0.2) is 0 Å². The van der Waals surface area contributed by atoms with Crippen molar-refractivity contribution in [2.45, 2.75) is 70.0 Å². The highest BCUT2D eigenvalue weighted by Crippen LogP contribution is 2.40. The van der Waals surface area contributed by atoms with E-state index in [1.165, 1.54) is 26.0 Å². The molecular formula is C26H27F4N3O3. The largest absolute Gasteiger partial charge is 0.353 e. The summed E-state index contributed by atoms with van der Waals surface area (Å²) in [5, 5.41) is 5.27. The molecule has 0 saturated carbocycles. The zero-order chi connectivity index (χ0) is 26.2. The number of hydrogen-bond donors (Lipinski definition) is 2. The molecule has 0 spiro atoms. The van der Waals surface area contributed by atoms with Gasteiger partial charge in [0, 0.05) is 36.3 Å². The highest BCUT2D eigenvalue weighted by Gasteiger charge is 2.52. The number of carbonyl (C=O) groups excluding carboxylic acids is 3. The minimum absolute atomic E-state index is 0.214. The van der Waals surface area contributed by atoms with Gasteiger partial charge in [-0.2, -0.15) is 8.78 Å². The van der Waals surface area contributed by atoms with Crippen molar-refractivity contribution in [3.8, 4) is 0 Å². The van der Waals surface area contributed by atoms with Gasteiger partial charge in [0.2, 0.25) is 5.91 Å². The van der Waals surface area contributed by atoms with E-state index in [0.717, 1.165) is 29.5 Å². The topological polar surface area (TPSA) is 78.5 Å². The lowest BCUT2D eigenvalue weighted by Crippen LogP contribution is -2.61. The maximum atomic E-state index is 15.5. The summed E-state index contributed by atoms with van der Waals surface area (Å²) in [7, 11) is 0. The number of amides is 3. The quantitative estimate of drug-likeness (QED) is 0.580. The minimum atomic E-state index is -4.21. The molecule has 192 valence electrons. The minimum Gasteiger partial charge on any atom is -0.353 e. The van der Waals surface area contributed by atoms with E-state index < -0.39 is 47.0 Å². The number of aryl methyl sites for hydroxylation is 1. The summed E-state index contributed by atoms with van der Waals surface area (Å²) in [6.07, 6.45) is 2.48. The van der Waals surface area contributed by atoms with E-state index in [4.69, 9.17) is 0 Å². The Balaban J connectivity index is 1.57. The molecule has 2 atom stereocenters. The van der Waals surface area contributed by atoms with E-state index >= 15 is 8.78 Å². The van der Waals surface area contributed by atoms with Gasteiger partial charge in [-0.15, -0.1) is 0 Å². The number of halogens is 4. The van der Waals surface area contributed by atoms with Crippen LogP contribution in [-0.4, -0.2) is 40.7 Å². The molecule has 2 aromatic carbocycles. The maximum Gasteiger partial charge on any atom is 0.352 e. The molecule has 2 heterocycles. The first-order valence-electron chi connectivity index (χ1n) is 11.8. The highest BCUT2D eigenvalue weighted by atomic mass is 19.3. The Labute approximate surface area is 206 Å². The number of hydrogen-bond acceptors (Lipinski definition) is 3. The van der Waals surface area contributed by atoms with Gasteiger partial charge in [-0.3, -0.25) is 14.4 Å². The molecule has 10 heteroatoms. The second kappa shape index (κ2) is 9.91. The zero-order valence-corrected chi connectivity index (χ0v) is 19.9. The van der Waals surface area contributed by atoms with E-state index in [1.807, 2.05) is 0 Å². The predicted molar refractivity (Wildman–Crippen MR) is 124 cm³/mol. The van der Waals surface area contributed by atoms with E-state index in [9.17, 15) is 23.2 Å². The summed E-state index contributed by atoms with van der Waals surface area (Å²) in [4.78, 5) is 38.4. The van der Waals surface area contributed by atoms with Crippen LogP contribution in [0.4, 0.5) is 23.2 Å². The fourth-order valence-electron chi connectivity index (χ4n) is 5.23. The highest BCUT2D eigenvalue weighted by molar-refractivity contribution is 6.04. The lowest BCUT2D eigenvalue weighted by Gasteiger charge is -2.49. The number of nitrogens with zero attached hydrogens (tertiary/aromatic N) is 1. The molecule has 2 saturated heterocycles. The SMILES string of the molecule is CC(=O)NC1CC2CCCC(C1)N2C(=O)C(F)(F)c1cc(C(=O)Nc2ccc(F)c(C)c2)ccc1F. The molecule has 2 N–H and O–H groups in total. The Morgan fingerprint density at radius 3 is 2.22 bits per heavy atom. The van der Waals surface area contributed by atoms with Crippen molar-refractivity contribution in [2.75, 3.05) is 5.32 Å². The molecule has 36 heavy (non-hydrogen) atoms. The average Bonchev–Trinajstić information content (AvgIpc) is 2.80. The lowest BCUT2D eigenvalue weighted by atomic mass is 9.81. The number of benzene rings is 2. The Hall–Kier alpha value is -3.43. The molecule has 3 amide bonds. The van der Waals surface area contributed by atoms with Crippen LogP contribution in [0.2, 0.25) is 0 Å². The van der Waals surface area contributed by atoms with Crippen LogP contribution in [0.15, 0.2) is 36.4 Å². The molecule has 2 bridgehead atoms. The fourth-order valence-corrected chi connectivity index (χ4v) is 5.23. The summed E-state index contributed by atoms with van der Waals surface area (Å²) in [5.41, 5.74) is -0.942. The Morgan fingerprint density at radius 2 is 1.61 bits per heavy atom. The van der Waals surface area contributed by atoms with Gasteiger partial charge in [0.1, 0.15) is 11.6 Å². The van der Waals surface area contributed by atoms with Crippen LogP contribution in [0.25, 0.3) is 0 Å². The number of alkyl halides is 2. The smallest absolute Gasteiger partial charge is 0.352 e. The van der Waals surface area contributed by atoms with Crippen molar-refractivity contribution < 1.29 is 31.9 Å². The summed E-state index contributed by atoms with van der Waals surface area (Å²) in [6.45, 7) is 2.88. The van der Waals surface area contributed by atoms with Crippen LogP contribution in [0.1, 0.15) is 60.5 Å². The zero-order valence-electron chi connectivity index (χ0n) is 19.9. The van der Waals surface area contributed by atoms with E-state index in [-0.39, 0.29) is 28.8 Å². The molecule has 2 aromatic rings. The van der Waals surface area contributed by atoms with Crippen LogP contribution < -0.4 is 10.6 Å². The van der Waals surface area contributed by atoms with Gasteiger partial charge in [-0.1, -0.05) is 0 Å². The molecule has 0 aliphatic carbocycles. The van der Waals surface area contributed by atoms with E-state index in [1.54, 1.807) is 0 Å². The number of fused-ring (bicyclic) bond motifs is 2. The second-order valence-electron chi connectivity index (χ2n) is 9.51. The van der Waals surface area contributed by atoms with Gasteiger partial charge in [-0.05, 0) is 81.0 Å². The predicted octanol–water partition coefficient (Wildman–Crippen LogP) is 4.67. The third kappa shape index (κ3) is 5.08. The third-order valence-corrected chi connectivity index (χ3v) is 6.87. The number of nitrogens with one attached hydrogen (secondary N) is 2. The van der Waals surface area contributed by atoms with Gasteiger partial charge in [0.25, 0.3) is 11.8 Å². The standard InChI is InChI=1S/C26H27F4N3O3/c1-14-10-17(7-9-22(14)27)32-24(35)16-6-8-23(28)21(11-16)26(29,30)25(36)33-19-4-3-5-20(33)13-18(12-19)31-15(2)34/h6-11,18-20H,3-5,12-13H2,1-2H3,(H,31,34)(H,32,35). The molecule has 2 unspecified atom stereocenters. The van der Waals surface area contributed by atoms with Crippen molar-refractivity contribution in [3.05, 3.63) is 64.7 Å². The van der Waals surface area contributed by atoms with E-state index in [2.05, 4.69) is 10.6 Å². The lowest BCUT2D eigenvalue weighted by molar-refractivity contribution is -0.170.